The maximum Gasteiger partial charge on any atom is 0.257 e. The Bertz CT molecular complexity index is 664. The van der Waals surface area contributed by atoms with E-state index in [9.17, 15) is 4.79 Å². The topological polar surface area (TPSA) is 54.0 Å². The Morgan fingerprint density at radius 1 is 1.30 bits per heavy atom. The minimum absolute atomic E-state index is 0.295. The number of pyridine rings is 1. The van der Waals surface area contributed by atoms with Gasteiger partial charge in [0, 0.05) is 22.2 Å². The largest absolute Gasteiger partial charge is 0.373 e. The van der Waals surface area contributed by atoms with Crippen LogP contribution < -0.4 is 10.6 Å². The third kappa shape index (κ3) is 3.50. The summed E-state index contributed by atoms with van der Waals surface area (Å²) in [5.74, 6) is 0.284. The summed E-state index contributed by atoms with van der Waals surface area (Å²) in [5.41, 5.74) is 1.03. The van der Waals surface area contributed by atoms with E-state index in [0.717, 1.165) is 8.95 Å². The lowest BCUT2D eigenvalue weighted by molar-refractivity contribution is 0.102. The Hall–Kier alpha value is -1.11. The van der Waals surface area contributed by atoms with Crippen molar-refractivity contribution < 1.29 is 4.79 Å². The Labute approximate surface area is 138 Å². The van der Waals surface area contributed by atoms with Crippen LogP contribution in [0.1, 0.15) is 10.4 Å². The van der Waals surface area contributed by atoms with E-state index in [-0.39, 0.29) is 5.91 Å². The molecule has 2 aromatic rings. The van der Waals surface area contributed by atoms with Crippen molar-refractivity contribution in [2.24, 2.45) is 0 Å². The van der Waals surface area contributed by atoms with Gasteiger partial charge in [0.2, 0.25) is 0 Å². The SMILES string of the molecule is CNc1cc(C(=O)Nc2ccc(Br)cc2Br)c(Cl)cn1. The fraction of sp³-hybridized carbons (Fsp3) is 0.0769. The van der Waals surface area contributed by atoms with E-state index in [1.807, 2.05) is 12.1 Å². The molecule has 0 aliphatic carbocycles. The zero-order valence-corrected chi connectivity index (χ0v) is 14.3. The molecule has 7 heteroatoms. The maximum absolute atomic E-state index is 12.3. The molecule has 20 heavy (non-hydrogen) atoms. The molecule has 4 nitrogen and oxygen atoms in total. The van der Waals surface area contributed by atoms with Gasteiger partial charge in [-0.05, 0) is 40.2 Å². The first-order chi connectivity index (χ1) is 9.51. The average Bonchev–Trinajstić information content (AvgIpc) is 2.42. The fourth-order valence-corrected chi connectivity index (χ4v) is 2.87. The molecule has 0 saturated heterocycles. The highest BCUT2D eigenvalue weighted by Crippen LogP contribution is 2.27. The van der Waals surface area contributed by atoms with E-state index < -0.39 is 0 Å². The second-order valence-corrected chi connectivity index (χ2v) is 6.05. The predicted octanol–water partition coefficient (Wildman–Crippen LogP) is 4.55. The number of amides is 1. The van der Waals surface area contributed by atoms with Crippen molar-refractivity contribution in [1.29, 1.82) is 0 Å². The van der Waals surface area contributed by atoms with Crippen LogP contribution >= 0.6 is 43.5 Å². The third-order valence-electron chi connectivity index (χ3n) is 2.54. The molecule has 0 bridgehead atoms. The lowest BCUT2D eigenvalue weighted by Crippen LogP contribution is -2.13. The molecule has 0 saturated carbocycles. The normalized spacial score (nSPS) is 10.2. The summed E-state index contributed by atoms with van der Waals surface area (Å²) in [7, 11) is 1.73. The average molecular weight is 420 g/mol. The van der Waals surface area contributed by atoms with Crippen LogP contribution in [0.25, 0.3) is 0 Å². The summed E-state index contributed by atoms with van der Waals surface area (Å²) >= 11 is 12.8. The number of aromatic nitrogens is 1. The first-order valence-corrected chi connectivity index (χ1v) is 7.57. The Balaban J connectivity index is 2.28. The number of nitrogens with zero attached hydrogens (tertiary/aromatic N) is 1. The van der Waals surface area contributed by atoms with Gasteiger partial charge in [-0.3, -0.25) is 4.79 Å². The molecule has 0 radical (unpaired) electrons. The van der Waals surface area contributed by atoms with E-state index in [1.165, 1.54) is 6.20 Å². The Morgan fingerprint density at radius 3 is 2.70 bits per heavy atom. The minimum Gasteiger partial charge on any atom is -0.373 e. The van der Waals surface area contributed by atoms with E-state index in [2.05, 4.69) is 47.5 Å². The summed E-state index contributed by atoms with van der Waals surface area (Å²) in [5, 5.41) is 5.97. The molecule has 0 fully saturated rings. The quantitative estimate of drug-likeness (QED) is 0.767. The van der Waals surface area contributed by atoms with Crippen LogP contribution in [0.2, 0.25) is 5.02 Å². The molecule has 0 atom stereocenters. The smallest absolute Gasteiger partial charge is 0.257 e. The number of anilines is 2. The molecule has 1 aromatic heterocycles. The Morgan fingerprint density at radius 2 is 2.05 bits per heavy atom. The summed E-state index contributed by atoms with van der Waals surface area (Å²) in [6.45, 7) is 0. The number of halogens is 3. The lowest BCUT2D eigenvalue weighted by Gasteiger charge is -2.10. The number of carbonyl (C=O) groups is 1. The van der Waals surface area contributed by atoms with Gasteiger partial charge in [0.15, 0.2) is 0 Å². The number of nitrogens with one attached hydrogen (secondary N) is 2. The van der Waals surface area contributed by atoms with Crippen LogP contribution in [-0.4, -0.2) is 17.9 Å². The van der Waals surface area contributed by atoms with Crippen LogP contribution in [0.5, 0.6) is 0 Å². The highest BCUT2D eigenvalue weighted by Gasteiger charge is 2.13. The summed E-state index contributed by atoms with van der Waals surface area (Å²) in [6.07, 6.45) is 1.44. The van der Waals surface area contributed by atoms with Crippen molar-refractivity contribution in [2.75, 3.05) is 17.7 Å². The van der Waals surface area contributed by atoms with Crippen LogP contribution in [0.3, 0.4) is 0 Å². The lowest BCUT2D eigenvalue weighted by atomic mass is 10.2. The van der Waals surface area contributed by atoms with E-state index >= 15 is 0 Å². The van der Waals surface area contributed by atoms with Crippen molar-refractivity contribution in [3.05, 3.63) is 50.0 Å². The van der Waals surface area contributed by atoms with Gasteiger partial charge in [0.25, 0.3) is 5.91 Å². The van der Waals surface area contributed by atoms with Crippen LogP contribution in [0.4, 0.5) is 11.5 Å². The fourth-order valence-electron chi connectivity index (χ4n) is 1.53. The van der Waals surface area contributed by atoms with Gasteiger partial charge in [-0.25, -0.2) is 4.98 Å². The molecule has 0 unspecified atom stereocenters. The second-order valence-electron chi connectivity index (χ2n) is 3.88. The highest BCUT2D eigenvalue weighted by molar-refractivity contribution is 9.11. The van der Waals surface area contributed by atoms with Crippen molar-refractivity contribution >= 4 is 60.9 Å². The summed E-state index contributed by atoms with van der Waals surface area (Å²) < 4.78 is 1.70. The number of hydrogen-bond donors (Lipinski definition) is 2. The van der Waals surface area contributed by atoms with Gasteiger partial charge in [-0.15, -0.1) is 0 Å². The van der Waals surface area contributed by atoms with E-state index in [1.54, 1.807) is 19.2 Å². The molecule has 1 amide bonds. The van der Waals surface area contributed by atoms with Crippen LogP contribution in [0, 0.1) is 0 Å². The first-order valence-electron chi connectivity index (χ1n) is 5.61. The molecule has 1 heterocycles. The monoisotopic (exact) mass is 417 g/mol. The van der Waals surface area contributed by atoms with E-state index in [4.69, 9.17) is 11.6 Å². The predicted molar refractivity (Wildman–Crippen MR) is 88.6 cm³/mol. The van der Waals surface area contributed by atoms with Gasteiger partial charge in [-0.1, -0.05) is 27.5 Å². The van der Waals surface area contributed by atoms with Crippen molar-refractivity contribution in [2.45, 2.75) is 0 Å². The standard InChI is InChI=1S/C13H10Br2ClN3O/c1-17-12-5-8(10(16)6-18-12)13(20)19-11-3-2-7(14)4-9(11)15/h2-6H,1H3,(H,17,18)(H,19,20). The maximum atomic E-state index is 12.3. The van der Waals surface area contributed by atoms with Gasteiger partial charge in [0.05, 0.1) is 16.3 Å². The van der Waals surface area contributed by atoms with Gasteiger partial charge < -0.3 is 10.6 Å². The van der Waals surface area contributed by atoms with Gasteiger partial charge in [0.1, 0.15) is 5.82 Å². The molecular formula is C13H10Br2ClN3O. The summed E-state index contributed by atoms with van der Waals surface area (Å²) in [4.78, 5) is 16.3. The number of benzene rings is 1. The molecule has 0 aliphatic rings. The van der Waals surface area contributed by atoms with Crippen LogP contribution in [-0.2, 0) is 0 Å². The first kappa shape index (κ1) is 15.3. The van der Waals surface area contributed by atoms with Crippen molar-refractivity contribution in [1.82, 2.24) is 4.98 Å². The minimum atomic E-state index is -0.295. The third-order valence-corrected chi connectivity index (χ3v) is 3.99. The second kappa shape index (κ2) is 6.56. The van der Waals surface area contributed by atoms with Gasteiger partial charge in [-0.2, -0.15) is 0 Å². The summed E-state index contributed by atoms with van der Waals surface area (Å²) in [6, 6.07) is 7.08. The molecular weight excluding hydrogens is 409 g/mol. The van der Waals surface area contributed by atoms with Crippen LogP contribution in [0.15, 0.2) is 39.4 Å². The van der Waals surface area contributed by atoms with Crippen molar-refractivity contribution in [3.8, 4) is 0 Å². The molecule has 1 aromatic carbocycles. The highest BCUT2D eigenvalue weighted by atomic mass is 79.9. The molecule has 0 spiro atoms. The molecule has 0 aliphatic heterocycles. The zero-order valence-electron chi connectivity index (χ0n) is 10.4. The van der Waals surface area contributed by atoms with Crippen molar-refractivity contribution in [3.63, 3.8) is 0 Å². The number of hydrogen-bond acceptors (Lipinski definition) is 3. The Kier molecular flexibility index (Phi) is 5.01. The number of carbonyl (C=O) groups excluding carboxylic acids is 1. The molecule has 2 N–H and O–H groups in total. The zero-order chi connectivity index (χ0) is 14.7. The number of rotatable bonds is 3. The van der Waals surface area contributed by atoms with E-state index in [0.29, 0.717) is 22.1 Å². The van der Waals surface area contributed by atoms with Gasteiger partial charge >= 0.3 is 0 Å². The molecule has 104 valence electrons. The molecule has 2 rings (SSSR count).